The lowest BCUT2D eigenvalue weighted by atomic mass is 9.88. The molecular formula is C20H20. The molecule has 1 aliphatic rings. The van der Waals surface area contributed by atoms with Crippen molar-refractivity contribution in [2.24, 2.45) is 0 Å². The van der Waals surface area contributed by atoms with Crippen LogP contribution in [0.5, 0.6) is 0 Å². The number of benzene rings is 2. The maximum Gasteiger partial charge on any atom is -0.0178 e. The lowest BCUT2D eigenvalue weighted by Gasteiger charge is -2.17. The minimum atomic E-state index is 1.15. The van der Waals surface area contributed by atoms with E-state index >= 15 is 0 Å². The zero-order valence-corrected chi connectivity index (χ0v) is 12.2. The van der Waals surface area contributed by atoms with E-state index in [0.717, 1.165) is 12.8 Å². The molecular weight excluding hydrogens is 240 g/mol. The van der Waals surface area contributed by atoms with Crippen molar-refractivity contribution in [3.63, 3.8) is 0 Å². The molecule has 0 spiro atoms. The topological polar surface area (TPSA) is 0 Å². The first-order chi connectivity index (χ1) is 9.75. The zero-order valence-electron chi connectivity index (χ0n) is 12.2. The lowest BCUT2D eigenvalue weighted by Crippen LogP contribution is -1.96. The Hall–Kier alpha value is -2.08. The summed E-state index contributed by atoms with van der Waals surface area (Å²) < 4.78 is 0. The fraction of sp³-hybridized carbons (Fsp3) is 0.200. The summed E-state index contributed by atoms with van der Waals surface area (Å²) in [6.45, 7) is 4.43. The van der Waals surface area contributed by atoms with Crippen LogP contribution in [0.3, 0.4) is 0 Å². The molecule has 0 N–H and O–H groups in total. The zero-order chi connectivity index (χ0) is 13.9. The monoisotopic (exact) mass is 260 g/mol. The molecule has 0 saturated carbocycles. The minimum Gasteiger partial charge on any atom is -0.0839 e. The van der Waals surface area contributed by atoms with Crippen LogP contribution >= 0.6 is 0 Å². The number of hydrogen-bond donors (Lipinski definition) is 0. The molecule has 1 aliphatic carbocycles. The maximum absolute atomic E-state index is 2.35. The summed E-state index contributed by atoms with van der Waals surface area (Å²) in [6.07, 6.45) is 6.84. The first kappa shape index (κ1) is 12.9. The van der Waals surface area contributed by atoms with Gasteiger partial charge in [0.1, 0.15) is 0 Å². The molecule has 0 saturated heterocycles. The third-order valence-electron chi connectivity index (χ3n) is 4.07. The number of aryl methyl sites for hydroxylation is 1. The first-order valence-electron chi connectivity index (χ1n) is 7.28. The Labute approximate surface area is 121 Å². The molecule has 0 radical (unpaired) electrons. The molecule has 0 heterocycles. The predicted octanol–water partition coefficient (Wildman–Crippen LogP) is 5.79. The summed E-state index contributed by atoms with van der Waals surface area (Å²) in [6, 6.07) is 17.4. The van der Waals surface area contributed by atoms with E-state index in [1.165, 1.54) is 33.4 Å². The van der Waals surface area contributed by atoms with Crippen LogP contribution in [-0.4, -0.2) is 0 Å². The fourth-order valence-corrected chi connectivity index (χ4v) is 2.89. The van der Waals surface area contributed by atoms with Crippen molar-refractivity contribution < 1.29 is 0 Å². The first-order valence-corrected chi connectivity index (χ1v) is 7.28. The fourth-order valence-electron chi connectivity index (χ4n) is 2.89. The van der Waals surface area contributed by atoms with Crippen LogP contribution in [0.25, 0.3) is 16.7 Å². The average molecular weight is 260 g/mol. The summed E-state index contributed by atoms with van der Waals surface area (Å²) in [7, 11) is 0. The van der Waals surface area contributed by atoms with Crippen LogP contribution < -0.4 is 0 Å². The molecule has 0 nitrogen and oxygen atoms in total. The Kier molecular flexibility index (Phi) is 3.56. The van der Waals surface area contributed by atoms with Crippen molar-refractivity contribution in [3.05, 3.63) is 77.4 Å². The molecule has 2 aromatic rings. The second-order valence-electron chi connectivity index (χ2n) is 5.50. The van der Waals surface area contributed by atoms with Crippen LogP contribution in [-0.2, 0) is 0 Å². The van der Waals surface area contributed by atoms with Crippen molar-refractivity contribution in [1.82, 2.24) is 0 Å². The average Bonchev–Trinajstić information content (AvgIpc) is 2.49. The molecule has 0 fully saturated rings. The normalized spacial score (nSPS) is 14.7. The summed E-state index contributed by atoms with van der Waals surface area (Å²) in [5.41, 5.74) is 8.29. The standard InChI is InChI=1S/C20H20/c1-15-8-6-7-11-19(15)20-14-18(13-12-16(20)2)17-9-4-3-5-10-17/h3-6,8-10,12-14H,7,11H2,1-2H3. The highest BCUT2D eigenvalue weighted by molar-refractivity contribution is 5.78. The van der Waals surface area contributed by atoms with E-state index in [-0.39, 0.29) is 0 Å². The maximum atomic E-state index is 2.35. The largest absolute Gasteiger partial charge is 0.0839 e. The van der Waals surface area contributed by atoms with Gasteiger partial charge in [-0.1, -0.05) is 54.6 Å². The predicted molar refractivity (Wildman–Crippen MR) is 87.6 cm³/mol. The highest BCUT2D eigenvalue weighted by Gasteiger charge is 2.11. The van der Waals surface area contributed by atoms with Gasteiger partial charge in [-0.25, -0.2) is 0 Å². The van der Waals surface area contributed by atoms with Crippen LogP contribution in [0.2, 0.25) is 0 Å². The summed E-state index contributed by atoms with van der Waals surface area (Å²) in [4.78, 5) is 0. The Balaban J connectivity index is 2.11. The summed E-state index contributed by atoms with van der Waals surface area (Å²) in [5.74, 6) is 0. The molecule has 0 unspecified atom stereocenters. The molecule has 2 aromatic carbocycles. The third-order valence-corrected chi connectivity index (χ3v) is 4.07. The van der Waals surface area contributed by atoms with Crippen molar-refractivity contribution in [3.8, 4) is 11.1 Å². The number of hydrogen-bond acceptors (Lipinski definition) is 0. The van der Waals surface area contributed by atoms with E-state index in [1.54, 1.807) is 0 Å². The molecule has 20 heavy (non-hydrogen) atoms. The van der Waals surface area contributed by atoms with Gasteiger partial charge in [-0.05, 0) is 66.2 Å². The molecule has 3 rings (SSSR count). The van der Waals surface area contributed by atoms with Gasteiger partial charge in [0.25, 0.3) is 0 Å². The molecule has 0 aliphatic heterocycles. The van der Waals surface area contributed by atoms with E-state index in [1.807, 2.05) is 0 Å². The molecule has 0 bridgehead atoms. The Morgan fingerprint density at radius 2 is 1.65 bits per heavy atom. The summed E-state index contributed by atoms with van der Waals surface area (Å²) >= 11 is 0. The molecule has 0 heteroatoms. The number of rotatable bonds is 2. The van der Waals surface area contributed by atoms with Gasteiger partial charge >= 0.3 is 0 Å². The smallest absolute Gasteiger partial charge is 0.0178 e. The van der Waals surface area contributed by atoms with E-state index in [9.17, 15) is 0 Å². The van der Waals surface area contributed by atoms with Gasteiger partial charge in [-0.3, -0.25) is 0 Å². The van der Waals surface area contributed by atoms with Gasteiger partial charge < -0.3 is 0 Å². The highest BCUT2D eigenvalue weighted by Crippen LogP contribution is 2.33. The van der Waals surface area contributed by atoms with Crippen LogP contribution in [0.1, 0.15) is 30.9 Å². The van der Waals surface area contributed by atoms with Gasteiger partial charge in [0.05, 0.1) is 0 Å². The second kappa shape index (κ2) is 5.50. The van der Waals surface area contributed by atoms with Crippen LogP contribution in [0.4, 0.5) is 0 Å². The van der Waals surface area contributed by atoms with E-state index < -0.39 is 0 Å². The van der Waals surface area contributed by atoms with Crippen molar-refractivity contribution >= 4 is 5.57 Å². The van der Waals surface area contributed by atoms with Gasteiger partial charge in [0, 0.05) is 0 Å². The molecule has 0 aromatic heterocycles. The molecule has 0 atom stereocenters. The van der Waals surface area contributed by atoms with Gasteiger partial charge in [-0.2, -0.15) is 0 Å². The lowest BCUT2D eigenvalue weighted by molar-refractivity contribution is 1.03. The Morgan fingerprint density at radius 3 is 2.40 bits per heavy atom. The Bertz CT molecular complexity index is 672. The minimum absolute atomic E-state index is 1.15. The van der Waals surface area contributed by atoms with E-state index in [2.05, 4.69) is 74.5 Å². The van der Waals surface area contributed by atoms with E-state index in [0.29, 0.717) is 0 Å². The summed E-state index contributed by atoms with van der Waals surface area (Å²) in [5, 5.41) is 0. The Morgan fingerprint density at radius 1 is 0.850 bits per heavy atom. The molecule has 0 amide bonds. The SMILES string of the molecule is CC1=C(c2cc(-c3ccccc3)ccc2C)CCC=C1. The van der Waals surface area contributed by atoms with Crippen molar-refractivity contribution in [1.29, 1.82) is 0 Å². The van der Waals surface area contributed by atoms with Crippen LogP contribution in [0.15, 0.2) is 66.3 Å². The van der Waals surface area contributed by atoms with Crippen molar-refractivity contribution in [2.75, 3.05) is 0 Å². The van der Waals surface area contributed by atoms with Gasteiger partial charge in [0.2, 0.25) is 0 Å². The molecule has 100 valence electrons. The second-order valence-corrected chi connectivity index (χ2v) is 5.50. The van der Waals surface area contributed by atoms with Crippen molar-refractivity contribution in [2.45, 2.75) is 26.7 Å². The number of allylic oxidation sites excluding steroid dienone is 4. The quantitative estimate of drug-likeness (QED) is 0.641. The van der Waals surface area contributed by atoms with Crippen LogP contribution in [0, 0.1) is 6.92 Å². The highest BCUT2D eigenvalue weighted by atomic mass is 14.2. The van der Waals surface area contributed by atoms with Gasteiger partial charge in [0.15, 0.2) is 0 Å². The van der Waals surface area contributed by atoms with E-state index in [4.69, 9.17) is 0 Å². The van der Waals surface area contributed by atoms with Gasteiger partial charge in [-0.15, -0.1) is 0 Å². The third kappa shape index (κ3) is 2.46.